The van der Waals surface area contributed by atoms with Gasteiger partial charge < -0.3 is 5.32 Å². The van der Waals surface area contributed by atoms with Crippen LogP contribution in [0.5, 0.6) is 0 Å². The lowest BCUT2D eigenvalue weighted by atomic mass is 9.98. The Balaban J connectivity index is 2.41. The first kappa shape index (κ1) is 14.3. The number of hydrogen-bond acceptors (Lipinski definition) is 1. The molecule has 0 radical (unpaired) electrons. The van der Waals surface area contributed by atoms with E-state index in [1.807, 2.05) is 19.1 Å². The van der Waals surface area contributed by atoms with Crippen LogP contribution in [0.3, 0.4) is 0 Å². The molecule has 1 unspecified atom stereocenters. The lowest BCUT2D eigenvalue weighted by molar-refractivity contribution is 0.613. The molecule has 0 spiro atoms. The molecule has 0 fully saturated rings. The van der Waals surface area contributed by atoms with Crippen LogP contribution in [0.2, 0.25) is 10.0 Å². The molecule has 0 aliphatic rings. The highest BCUT2D eigenvalue weighted by Crippen LogP contribution is 2.28. The number of hydrogen-bond donors (Lipinski definition) is 1. The summed E-state index contributed by atoms with van der Waals surface area (Å²) in [6, 6.07) is 11.8. The zero-order valence-corrected chi connectivity index (χ0v) is 12.0. The van der Waals surface area contributed by atoms with E-state index in [4.69, 9.17) is 23.2 Å². The van der Waals surface area contributed by atoms with E-state index in [0.29, 0.717) is 10.0 Å². The number of benzene rings is 2. The van der Waals surface area contributed by atoms with Crippen molar-refractivity contribution in [3.63, 3.8) is 0 Å². The van der Waals surface area contributed by atoms with Gasteiger partial charge in [0.25, 0.3) is 0 Å². The quantitative estimate of drug-likeness (QED) is 0.852. The number of nitrogens with one attached hydrogen (secondary N) is 1. The minimum Gasteiger partial charge on any atom is -0.307 e. The van der Waals surface area contributed by atoms with Crippen molar-refractivity contribution in [2.75, 3.05) is 6.54 Å². The van der Waals surface area contributed by atoms with Crippen LogP contribution >= 0.6 is 23.2 Å². The highest BCUT2D eigenvalue weighted by Gasteiger charge is 2.14. The Labute approximate surface area is 122 Å². The van der Waals surface area contributed by atoms with Gasteiger partial charge in [0, 0.05) is 10.0 Å². The Morgan fingerprint density at radius 3 is 2.11 bits per heavy atom. The van der Waals surface area contributed by atoms with Crippen molar-refractivity contribution in [2.45, 2.75) is 13.0 Å². The molecule has 1 nitrogen and oxygen atoms in total. The third-order valence-electron chi connectivity index (χ3n) is 2.83. The Hall–Kier alpha value is -1.09. The average Bonchev–Trinajstić information content (AvgIpc) is 2.36. The van der Waals surface area contributed by atoms with Crippen LogP contribution in [0.25, 0.3) is 0 Å². The molecule has 1 N–H and O–H groups in total. The van der Waals surface area contributed by atoms with Gasteiger partial charge in [0.2, 0.25) is 0 Å². The summed E-state index contributed by atoms with van der Waals surface area (Å²) < 4.78 is 13.0. The maximum Gasteiger partial charge on any atom is 0.123 e. The largest absolute Gasteiger partial charge is 0.307 e. The first-order valence-corrected chi connectivity index (χ1v) is 6.80. The van der Waals surface area contributed by atoms with Crippen molar-refractivity contribution in [2.24, 2.45) is 0 Å². The number of halogens is 3. The van der Waals surface area contributed by atoms with E-state index >= 15 is 0 Å². The maximum atomic E-state index is 13.0. The summed E-state index contributed by atoms with van der Waals surface area (Å²) in [6.07, 6.45) is 0. The molecule has 0 saturated carbocycles. The Bertz CT molecular complexity index is 534. The molecule has 0 aliphatic carbocycles. The molecule has 2 aromatic carbocycles. The van der Waals surface area contributed by atoms with Gasteiger partial charge in [0.15, 0.2) is 0 Å². The van der Waals surface area contributed by atoms with Gasteiger partial charge in [-0.2, -0.15) is 0 Å². The standard InChI is InChI=1S/C15H14Cl2FN/c1-2-19-15(10-3-5-14(18)6-4-10)11-7-12(16)9-13(17)8-11/h3-9,15,19H,2H2,1H3. The van der Waals surface area contributed by atoms with E-state index in [1.54, 1.807) is 18.2 Å². The second-order valence-corrected chi connectivity index (χ2v) is 5.12. The Morgan fingerprint density at radius 2 is 1.58 bits per heavy atom. The predicted molar refractivity (Wildman–Crippen MR) is 78.4 cm³/mol. The second-order valence-electron chi connectivity index (χ2n) is 4.25. The molecule has 0 saturated heterocycles. The third-order valence-corrected chi connectivity index (χ3v) is 3.27. The van der Waals surface area contributed by atoms with Crippen LogP contribution in [0, 0.1) is 5.82 Å². The summed E-state index contributed by atoms with van der Waals surface area (Å²) in [6.45, 7) is 2.80. The van der Waals surface area contributed by atoms with Crippen molar-refractivity contribution in [3.8, 4) is 0 Å². The fourth-order valence-corrected chi connectivity index (χ4v) is 2.57. The Kier molecular flexibility index (Phi) is 4.81. The first-order chi connectivity index (χ1) is 9.10. The fourth-order valence-electron chi connectivity index (χ4n) is 2.03. The molecule has 2 aromatic rings. The maximum absolute atomic E-state index is 13.0. The summed E-state index contributed by atoms with van der Waals surface area (Å²) >= 11 is 12.1. The number of rotatable bonds is 4. The van der Waals surface area contributed by atoms with Crippen molar-refractivity contribution >= 4 is 23.2 Å². The molecule has 0 bridgehead atoms. The molecule has 4 heteroatoms. The lowest BCUT2D eigenvalue weighted by Gasteiger charge is -2.19. The van der Waals surface area contributed by atoms with Gasteiger partial charge in [-0.25, -0.2) is 4.39 Å². The summed E-state index contributed by atoms with van der Waals surface area (Å²) in [5.41, 5.74) is 1.94. The van der Waals surface area contributed by atoms with Gasteiger partial charge in [-0.15, -0.1) is 0 Å². The molecule has 19 heavy (non-hydrogen) atoms. The second kappa shape index (κ2) is 6.38. The van der Waals surface area contributed by atoms with Crippen LogP contribution in [-0.2, 0) is 0 Å². The minimum absolute atomic E-state index is 0.0539. The average molecular weight is 298 g/mol. The van der Waals surface area contributed by atoms with E-state index in [9.17, 15) is 4.39 Å². The molecule has 100 valence electrons. The normalized spacial score (nSPS) is 12.4. The lowest BCUT2D eigenvalue weighted by Crippen LogP contribution is -2.22. The predicted octanol–water partition coefficient (Wildman–Crippen LogP) is 4.83. The SMILES string of the molecule is CCNC(c1ccc(F)cc1)c1cc(Cl)cc(Cl)c1. The summed E-state index contributed by atoms with van der Waals surface area (Å²) in [7, 11) is 0. The zero-order valence-electron chi connectivity index (χ0n) is 10.5. The molecular formula is C15H14Cl2FN. The summed E-state index contributed by atoms with van der Waals surface area (Å²) in [5.74, 6) is -0.247. The smallest absolute Gasteiger partial charge is 0.123 e. The monoisotopic (exact) mass is 297 g/mol. The summed E-state index contributed by atoms with van der Waals surface area (Å²) in [4.78, 5) is 0. The highest BCUT2D eigenvalue weighted by atomic mass is 35.5. The molecule has 1 atom stereocenters. The topological polar surface area (TPSA) is 12.0 Å². The molecular weight excluding hydrogens is 284 g/mol. The van der Waals surface area contributed by atoms with Gasteiger partial charge in [-0.05, 0) is 48.0 Å². The van der Waals surface area contributed by atoms with Crippen LogP contribution in [0.4, 0.5) is 4.39 Å². The fraction of sp³-hybridized carbons (Fsp3) is 0.200. The van der Waals surface area contributed by atoms with Crippen molar-refractivity contribution in [1.82, 2.24) is 5.32 Å². The summed E-state index contributed by atoms with van der Waals surface area (Å²) in [5, 5.41) is 4.53. The van der Waals surface area contributed by atoms with Crippen molar-refractivity contribution in [3.05, 3.63) is 69.5 Å². The minimum atomic E-state index is -0.247. The molecule has 0 amide bonds. The molecule has 0 aromatic heterocycles. The molecule has 0 heterocycles. The molecule has 2 rings (SSSR count). The van der Waals surface area contributed by atoms with Gasteiger partial charge in [-0.3, -0.25) is 0 Å². The van der Waals surface area contributed by atoms with Gasteiger partial charge in [0.1, 0.15) is 5.82 Å². The van der Waals surface area contributed by atoms with Crippen LogP contribution in [-0.4, -0.2) is 6.54 Å². The van der Waals surface area contributed by atoms with Crippen molar-refractivity contribution in [1.29, 1.82) is 0 Å². The van der Waals surface area contributed by atoms with E-state index in [1.165, 1.54) is 12.1 Å². The van der Waals surface area contributed by atoms with Crippen LogP contribution in [0.1, 0.15) is 24.1 Å². The third kappa shape index (κ3) is 3.69. The van der Waals surface area contributed by atoms with Gasteiger partial charge in [-0.1, -0.05) is 42.3 Å². The zero-order chi connectivity index (χ0) is 13.8. The van der Waals surface area contributed by atoms with Crippen LogP contribution in [0.15, 0.2) is 42.5 Å². The van der Waals surface area contributed by atoms with Gasteiger partial charge >= 0.3 is 0 Å². The Morgan fingerprint density at radius 1 is 1.00 bits per heavy atom. The van der Waals surface area contributed by atoms with E-state index < -0.39 is 0 Å². The van der Waals surface area contributed by atoms with Crippen molar-refractivity contribution < 1.29 is 4.39 Å². The van der Waals surface area contributed by atoms with E-state index in [2.05, 4.69) is 5.32 Å². The van der Waals surface area contributed by atoms with Gasteiger partial charge in [0.05, 0.1) is 6.04 Å². The molecule has 0 aliphatic heterocycles. The van der Waals surface area contributed by atoms with Crippen LogP contribution < -0.4 is 5.32 Å². The first-order valence-electron chi connectivity index (χ1n) is 6.05. The van der Waals surface area contributed by atoms with E-state index in [0.717, 1.165) is 17.7 Å². The van der Waals surface area contributed by atoms with E-state index in [-0.39, 0.29) is 11.9 Å². The highest BCUT2D eigenvalue weighted by molar-refractivity contribution is 6.34.